The Morgan fingerprint density at radius 1 is 1.03 bits per heavy atom. The maximum atomic E-state index is 9.00. The van der Waals surface area contributed by atoms with Crippen molar-refractivity contribution in [1.82, 2.24) is 4.98 Å². The molecule has 0 unspecified atom stereocenters. The van der Waals surface area contributed by atoms with E-state index in [0.717, 1.165) is 75.3 Å². The van der Waals surface area contributed by atoms with Crippen molar-refractivity contribution in [3.63, 3.8) is 0 Å². The van der Waals surface area contributed by atoms with Crippen molar-refractivity contribution in [2.45, 2.75) is 45.4 Å². The number of benzene rings is 2. The SMILES string of the molecule is [2H]C([2H])(c1cc[n+](C)c(-c2c(C)ccc3c2oc2nc4ccccc4cc23)c1)C1CCCCC1. The number of furan rings is 1. The van der Waals surface area contributed by atoms with E-state index in [9.17, 15) is 0 Å². The summed E-state index contributed by atoms with van der Waals surface area (Å²) in [4.78, 5) is 4.79. The first-order chi connectivity index (χ1) is 16.4. The van der Waals surface area contributed by atoms with Crippen molar-refractivity contribution < 1.29 is 11.7 Å². The average molecular weight is 424 g/mol. The first kappa shape index (κ1) is 17.4. The van der Waals surface area contributed by atoms with E-state index in [4.69, 9.17) is 12.1 Å². The molecule has 0 bridgehead atoms. The standard InChI is InChI=1S/C29H29N2O/c1-19-12-13-23-24-18-22-10-6-7-11-25(22)30-29(24)32-28(23)27(19)26-17-21(14-15-31(26)2)16-20-8-4-3-5-9-20/h6-7,10-15,17-18,20H,3-5,8-9,16H2,1-2H3/q+1/i16D2. The molecule has 3 heterocycles. The lowest BCUT2D eigenvalue weighted by Crippen LogP contribution is -2.31. The van der Waals surface area contributed by atoms with E-state index < -0.39 is 6.37 Å². The molecular formula is C29H29N2O+. The van der Waals surface area contributed by atoms with Gasteiger partial charge in [0.15, 0.2) is 11.8 Å². The first-order valence-electron chi connectivity index (χ1n) is 12.7. The molecule has 6 rings (SSSR count). The smallest absolute Gasteiger partial charge is 0.227 e. The predicted octanol–water partition coefficient (Wildman–Crippen LogP) is 7.06. The van der Waals surface area contributed by atoms with E-state index in [1.54, 1.807) is 0 Å². The van der Waals surface area contributed by atoms with Crippen molar-refractivity contribution in [3.05, 3.63) is 71.9 Å². The second-order valence-corrected chi connectivity index (χ2v) is 9.16. The van der Waals surface area contributed by atoms with Crippen molar-refractivity contribution in [1.29, 1.82) is 0 Å². The highest BCUT2D eigenvalue weighted by atomic mass is 16.3. The molecule has 1 aliphatic carbocycles. The van der Waals surface area contributed by atoms with Crippen LogP contribution in [-0.2, 0) is 13.4 Å². The Hall–Kier alpha value is -3.20. The van der Waals surface area contributed by atoms with E-state index in [0.29, 0.717) is 5.71 Å². The zero-order valence-corrected chi connectivity index (χ0v) is 18.7. The summed E-state index contributed by atoms with van der Waals surface area (Å²) in [5.41, 5.74) is 6.18. The molecule has 0 radical (unpaired) electrons. The molecule has 1 aliphatic rings. The number of hydrogen-bond acceptors (Lipinski definition) is 2. The Balaban J connectivity index is 1.56. The monoisotopic (exact) mass is 423 g/mol. The fourth-order valence-corrected chi connectivity index (χ4v) is 5.17. The van der Waals surface area contributed by atoms with Gasteiger partial charge in [-0.25, -0.2) is 9.55 Å². The largest absolute Gasteiger partial charge is 0.437 e. The van der Waals surface area contributed by atoms with Crippen LogP contribution in [0, 0.1) is 12.8 Å². The van der Waals surface area contributed by atoms with Crippen LogP contribution in [0.4, 0.5) is 0 Å². The topological polar surface area (TPSA) is 29.9 Å². The number of para-hydroxylation sites is 1. The summed E-state index contributed by atoms with van der Waals surface area (Å²) in [7, 11) is 2.02. The molecule has 3 heteroatoms. The highest BCUT2D eigenvalue weighted by Crippen LogP contribution is 2.38. The zero-order valence-electron chi connectivity index (χ0n) is 20.7. The molecule has 0 atom stereocenters. The average Bonchev–Trinajstić information content (AvgIpc) is 3.21. The van der Waals surface area contributed by atoms with E-state index in [1.807, 2.05) is 43.6 Å². The molecule has 1 saturated carbocycles. The lowest BCUT2D eigenvalue weighted by atomic mass is 9.85. The van der Waals surface area contributed by atoms with Crippen molar-refractivity contribution in [3.8, 4) is 11.3 Å². The van der Waals surface area contributed by atoms with Crippen molar-refractivity contribution in [2.75, 3.05) is 0 Å². The fourth-order valence-electron chi connectivity index (χ4n) is 5.17. The third kappa shape index (κ3) is 3.28. The summed E-state index contributed by atoms with van der Waals surface area (Å²) >= 11 is 0. The molecule has 32 heavy (non-hydrogen) atoms. The van der Waals surface area contributed by atoms with Gasteiger partial charge in [-0.15, -0.1) is 0 Å². The van der Waals surface area contributed by atoms with Gasteiger partial charge in [-0.1, -0.05) is 62.4 Å². The van der Waals surface area contributed by atoms with Crippen LogP contribution in [0.25, 0.3) is 44.2 Å². The number of pyridine rings is 2. The third-order valence-corrected chi connectivity index (χ3v) is 6.93. The highest BCUT2D eigenvalue weighted by Gasteiger charge is 2.23. The molecule has 3 nitrogen and oxygen atoms in total. The second kappa shape index (κ2) is 7.74. The van der Waals surface area contributed by atoms with Gasteiger partial charge in [0.05, 0.1) is 11.1 Å². The minimum atomic E-state index is -1.35. The zero-order chi connectivity index (χ0) is 23.4. The Morgan fingerprint density at radius 2 is 1.88 bits per heavy atom. The van der Waals surface area contributed by atoms with E-state index in [2.05, 4.69) is 35.8 Å². The molecule has 0 N–H and O–H groups in total. The lowest BCUT2D eigenvalue weighted by molar-refractivity contribution is -0.660. The van der Waals surface area contributed by atoms with Gasteiger partial charge in [-0.05, 0) is 42.5 Å². The van der Waals surface area contributed by atoms with Gasteiger partial charge in [-0.3, -0.25) is 0 Å². The molecule has 5 aromatic rings. The predicted molar refractivity (Wildman–Crippen MR) is 131 cm³/mol. The first-order valence-corrected chi connectivity index (χ1v) is 11.7. The summed E-state index contributed by atoms with van der Waals surface area (Å²) in [5, 5.41) is 3.13. The van der Waals surface area contributed by atoms with Crippen LogP contribution in [0.15, 0.2) is 65.2 Å². The van der Waals surface area contributed by atoms with Gasteiger partial charge in [0.2, 0.25) is 11.4 Å². The van der Waals surface area contributed by atoms with Gasteiger partial charge in [0.25, 0.3) is 0 Å². The van der Waals surface area contributed by atoms with Gasteiger partial charge < -0.3 is 4.42 Å². The van der Waals surface area contributed by atoms with Crippen LogP contribution in [0.1, 0.15) is 46.0 Å². The van der Waals surface area contributed by atoms with Gasteiger partial charge >= 0.3 is 0 Å². The van der Waals surface area contributed by atoms with Crippen LogP contribution in [-0.4, -0.2) is 4.98 Å². The third-order valence-electron chi connectivity index (χ3n) is 6.93. The van der Waals surface area contributed by atoms with Gasteiger partial charge in [0, 0.05) is 31.0 Å². The van der Waals surface area contributed by atoms with E-state index in [-0.39, 0.29) is 5.92 Å². The lowest BCUT2D eigenvalue weighted by Gasteiger charge is -2.21. The molecule has 2 aromatic carbocycles. The second-order valence-electron chi connectivity index (χ2n) is 9.16. The minimum Gasteiger partial charge on any atom is -0.437 e. The number of hydrogen-bond donors (Lipinski definition) is 0. The van der Waals surface area contributed by atoms with E-state index in [1.165, 1.54) is 6.42 Å². The van der Waals surface area contributed by atoms with Crippen LogP contribution in [0.5, 0.6) is 0 Å². The molecule has 0 amide bonds. The Bertz CT molecular complexity index is 1550. The maximum Gasteiger partial charge on any atom is 0.227 e. The number of aromatic nitrogens is 2. The molecule has 1 fully saturated rings. The van der Waals surface area contributed by atoms with Gasteiger partial charge in [-0.2, -0.15) is 0 Å². The Labute approximate surface area is 191 Å². The molecule has 160 valence electrons. The summed E-state index contributed by atoms with van der Waals surface area (Å²) in [6.45, 7) is 2.09. The maximum absolute atomic E-state index is 9.00. The summed E-state index contributed by atoms with van der Waals surface area (Å²) in [6, 6.07) is 18.5. The number of rotatable bonds is 3. The number of nitrogens with zero attached hydrogens (tertiary/aromatic N) is 2. The van der Waals surface area contributed by atoms with E-state index >= 15 is 0 Å². The summed E-state index contributed by atoms with van der Waals surface area (Å²) < 4.78 is 26.5. The molecular weight excluding hydrogens is 392 g/mol. The van der Waals surface area contributed by atoms with Crippen LogP contribution >= 0.6 is 0 Å². The van der Waals surface area contributed by atoms with Gasteiger partial charge in [0.1, 0.15) is 7.05 Å². The molecule has 0 saturated heterocycles. The quantitative estimate of drug-likeness (QED) is 0.291. The normalized spacial score (nSPS) is 16.6. The fraction of sp³-hybridized carbons (Fsp3) is 0.310. The van der Waals surface area contributed by atoms with Crippen molar-refractivity contribution in [2.24, 2.45) is 13.0 Å². The minimum absolute atomic E-state index is 0.0709. The van der Waals surface area contributed by atoms with Crippen LogP contribution in [0.3, 0.4) is 0 Å². The summed E-state index contributed by atoms with van der Waals surface area (Å²) in [5.74, 6) is 0.0709. The highest BCUT2D eigenvalue weighted by molar-refractivity contribution is 6.11. The Kier molecular flexibility index (Phi) is 4.20. The van der Waals surface area contributed by atoms with Crippen molar-refractivity contribution >= 4 is 33.0 Å². The van der Waals surface area contributed by atoms with Crippen LogP contribution in [0.2, 0.25) is 0 Å². The van der Waals surface area contributed by atoms with Crippen LogP contribution < -0.4 is 4.57 Å². The molecule has 3 aromatic heterocycles. The summed E-state index contributed by atoms with van der Waals surface area (Å²) in [6.07, 6.45) is 6.02. The Morgan fingerprint density at radius 3 is 2.75 bits per heavy atom. The number of aryl methyl sites for hydroxylation is 2. The number of fused-ring (bicyclic) bond motifs is 4. The molecule has 0 aliphatic heterocycles. The molecule has 0 spiro atoms.